The molecule has 5 nitrogen and oxygen atoms in total. The molecule has 2 rings (SSSR count). The molecule has 5 heteroatoms. The molecule has 0 bridgehead atoms. The molecule has 0 spiro atoms. The maximum Gasteiger partial charge on any atom is 0.222 e. The van der Waals surface area contributed by atoms with Gasteiger partial charge in [0.05, 0.1) is 0 Å². The number of carbonyl (C=O) groups is 1. The Hall–Kier alpha value is -2.04. The number of likely N-dealkylation sites (tertiary alicyclic amines) is 1. The zero-order chi connectivity index (χ0) is 15.8. The number of guanidine groups is 1. The fraction of sp³-hybridized carbons (Fsp3) is 0.529. The Morgan fingerprint density at radius 2 is 2.23 bits per heavy atom. The molecular weight excluding hydrogens is 276 g/mol. The van der Waals surface area contributed by atoms with Crippen LogP contribution in [-0.2, 0) is 4.79 Å². The van der Waals surface area contributed by atoms with E-state index in [9.17, 15) is 4.79 Å². The molecule has 0 saturated carbocycles. The van der Waals surface area contributed by atoms with Crippen molar-refractivity contribution in [1.82, 2.24) is 4.90 Å². The van der Waals surface area contributed by atoms with Crippen LogP contribution in [-0.4, -0.2) is 36.4 Å². The van der Waals surface area contributed by atoms with Gasteiger partial charge in [0.2, 0.25) is 5.91 Å². The van der Waals surface area contributed by atoms with Crippen molar-refractivity contribution in [3.63, 3.8) is 0 Å². The summed E-state index contributed by atoms with van der Waals surface area (Å²) in [7, 11) is 0. The predicted molar refractivity (Wildman–Crippen MR) is 91.0 cm³/mol. The number of hydrogen-bond acceptors (Lipinski definition) is 2. The summed E-state index contributed by atoms with van der Waals surface area (Å²) in [6.45, 7) is 4.34. The minimum Gasteiger partial charge on any atom is -0.370 e. The van der Waals surface area contributed by atoms with E-state index in [4.69, 9.17) is 5.73 Å². The topological polar surface area (TPSA) is 70.7 Å². The molecule has 1 aromatic carbocycles. The number of nitrogens with one attached hydrogen (secondary N) is 1. The Balaban J connectivity index is 1.73. The minimum atomic E-state index is 0.285. The van der Waals surface area contributed by atoms with Gasteiger partial charge in [0.1, 0.15) is 0 Å². The van der Waals surface area contributed by atoms with Crippen LogP contribution in [0.1, 0.15) is 37.7 Å². The van der Waals surface area contributed by atoms with E-state index in [2.05, 4.69) is 10.3 Å². The third-order valence-electron chi connectivity index (χ3n) is 3.83. The summed E-state index contributed by atoms with van der Waals surface area (Å²) in [6, 6.07) is 8.01. The largest absolute Gasteiger partial charge is 0.370 e. The molecular formula is C17H26N4O. The Labute approximate surface area is 132 Å². The molecule has 0 aliphatic carbocycles. The van der Waals surface area contributed by atoms with E-state index >= 15 is 0 Å². The number of carbonyl (C=O) groups excluding carboxylic acids is 1. The molecule has 1 aromatic rings. The molecule has 1 fully saturated rings. The molecule has 1 amide bonds. The molecule has 0 aromatic heterocycles. The van der Waals surface area contributed by atoms with Crippen molar-refractivity contribution < 1.29 is 4.79 Å². The number of aliphatic imine (C=N–C) groups is 1. The quantitative estimate of drug-likeness (QED) is 0.499. The lowest BCUT2D eigenvalue weighted by molar-refractivity contribution is -0.130. The summed E-state index contributed by atoms with van der Waals surface area (Å²) < 4.78 is 0. The summed E-state index contributed by atoms with van der Waals surface area (Å²) in [5.41, 5.74) is 8.01. The van der Waals surface area contributed by atoms with Gasteiger partial charge < -0.3 is 16.0 Å². The minimum absolute atomic E-state index is 0.285. The van der Waals surface area contributed by atoms with Gasteiger partial charge in [-0.2, -0.15) is 0 Å². The Morgan fingerprint density at radius 3 is 3.05 bits per heavy atom. The Bertz CT molecular complexity index is 527. The molecule has 1 saturated heterocycles. The third kappa shape index (κ3) is 5.39. The highest BCUT2D eigenvalue weighted by molar-refractivity contribution is 5.92. The fourth-order valence-corrected chi connectivity index (χ4v) is 2.65. The van der Waals surface area contributed by atoms with Crippen LogP contribution in [0.15, 0.2) is 29.3 Å². The summed E-state index contributed by atoms with van der Waals surface area (Å²) >= 11 is 0. The third-order valence-corrected chi connectivity index (χ3v) is 3.83. The first kappa shape index (κ1) is 16.3. The average molecular weight is 302 g/mol. The van der Waals surface area contributed by atoms with E-state index in [0.717, 1.165) is 44.5 Å². The molecule has 22 heavy (non-hydrogen) atoms. The average Bonchev–Trinajstić information content (AvgIpc) is 2.68. The summed E-state index contributed by atoms with van der Waals surface area (Å²) in [4.78, 5) is 18.2. The van der Waals surface area contributed by atoms with E-state index in [1.807, 2.05) is 36.1 Å². The summed E-state index contributed by atoms with van der Waals surface area (Å²) in [6.07, 6.45) is 4.85. The number of amides is 1. The van der Waals surface area contributed by atoms with Gasteiger partial charge in [0.15, 0.2) is 5.96 Å². The number of aryl methyl sites for hydroxylation is 1. The standard InChI is InChI=1S/C17H26N4O/c1-14-7-5-8-15(13-14)20-17(18)19-10-6-12-21-11-4-2-3-9-16(21)22/h5,7-8,13H,2-4,6,9-12H2,1H3,(H3,18,19,20). The fourth-order valence-electron chi connectivity index (χ4n) is 2.65. The molecule has 1 aliphatic rings. The van der Waals surface area contributed by atoms with Gasteiger partial charge in [-0.05, 0) is 43.9 Å². The van der Waals surface area contributed by atoms with E-state index in [-0.39, 0.29) is 5.91 Å². The molecule has 0 atom stereocenters. The smallest absolute Gasteiger partial charge is 0.222 e. The zero-order valence-electron chi connectivity index (χ0n) is 13.3. The second-order valence-corrected chi connectivity index (χ2v) is 5.81. The Kier molecular flexibility index (Phi) is 6.25. The lowest BCUT2D eigenvalue weighted by Gasteiger charge is -2.19. The van der Waals surface area contributed by atoms with Gasteiger partial charge in [-0.25, -0.2) is 0 Å². The summed E-state index contributed by atoms with van der Waals surface area (Å²) in [5.74, 6) is 0.708. The Morgan fingerprint density at radius 1 is 1.36 bits per heavy atom. The normalized spacial score (nSPS) is 16.5. The number of hydrogen-bond donors (Lipinski definition) is 2. The lowest BCUT2D eigenvalue weighted by atomic mass is 10.2. The van der Waals surface area contributed by atoms with Crippen LogP contribution < -0.4 is 11.1 Å². The highest BCUT2D eigenvalue weighted by Gasteiger charge is 2.15. The van der Waals surface area contributed by atoms with Crippen molar-refractivity contribution in [1.29, 1.82) is 0 Å². The van der Waals surface area contributed by atoms with Crippen molar-refractivity contribution in [3.8, 4) is 0 Å². The number of nitrogens with two attached hydrogens (primary N) is 1. The van der Waals surface area contributed by atoms with Crippen LogP contribution in [0.3, 0.4) is 0 Å². The van der Waals surface area contributed by atoms with Crippen LogP contribution in [0.2, 0.25) is 0 Å². The first-order valence-electron chi connectivity index (χ1n) is 8.06. The molecule has 1 aliphatic heterocycles. The molecule has 3 N–H and O–H groups in total. The van der Waals surface area contributed by atoms with Crippen LogP contribution in [0.25, 0.3) is 0 Å². The van der Waals surface area contributed by atoms with Gasteiger partial charge in [-0.3, -0.25) is 9.79 Å². The van der Waals surface area contributed by atoms with E-state index < -0.39 is 0 Å². The monoisotopic (exact) mass is 302 g/mol. The van der Waals surface area contributed by atoms with E-state index in [0.29, 0.717) is 18.9 Å². The van der Waals surface area contributed by atoms with Gasteiger partial charge in [0, 0.05) is 31.7 Å². The van der Waals surface area contributed by atoms with Crippen LogP contribution >= 0.6 is 0 Å². The second kappa shape index (κ2) is 8.41. The van der Waals surface area contributed by atoms with Gasteiger partial charge in [0.25, 0.3) is 0 Å². The highest BCUT2D eigenvalue weighted by atomic mass is 16.2. The van der Waals surface area contributed by atoms with Gasteiger partial charge in [-0.1, -0.05) is 18.6 Å². The summed E-state index contributed by atoms with van der Waals surface area (Å²) in [5, 5.41) is 3.09. The van der Waals surface area contributed by atoms with Crippen LogP contribution in [0.4, 0.5) is 5.69 Å². The molecule has 0 radical (unpaired) electrons. The molecule has 120 valence electrons. The van der Waals surface area contributed by atoms with E-state index in [1.54, 1.807) is 0 Å². The number of nitrogens with zero attached hydrogens (tertiary/aromatic N) is 2. The van der Waals surface area contributed by atoms with Gasteiger partial charge in [-0.15, -0.1) is 0 Å². The molecule has 0 unspecified atom stereocenters. The lowest BCUT2D eigenvalue weighted by Crippen LogP contribution is -2.31. The number of rotatable bonds is 5. The van der Waals surface area contributed by atoms with Crippen molar-refractivity contribution >= 4 is 17.6 Å². The van der Waals surface area contributed by atoms with Crippen LogP contribution in [0, 0.1) is 6.92 Å². The highest BCUT2D eigenvalue weighted by Crippen LogP contribution is 2.11. The second-order valence-electron chi connectivity index (χ2n) is 5.81. The number of anilines is 1. The van der Waals surface area contributed by atoms with E-state index in [1.165, 1.54) is 5.56 Å². The van der Waals surface area contributed by atoms with Crippen LogP contribution in [0.5, 0.6) is 0 Å². The van der Waals surface area contributed by atoms with Crippen molar-refractivity contribution in [3.05, 3.63) is 29.8 Å². The first-order chi connectivity index (χ1) is 10.6. The SMILES string of the molecule is Cc1cccc(NC(N)=NCCCN2CCCCCC2=O)c1. The number of benzene rings is 1. The van der Waals surface area contributed by atoms with Crippen molar-refractivity contribution in [2.75, 3.05) is 25.0 Å². The zero-order valence-corrected chi connectivity index (χ0v) is 13.3. The molecule has 1 heterocycles. The maximum absolute atomic E-state index is 11.9. The predicted octanol–water partition coefficient (Wildman–Crippen LogP) is 2.51. The maximum atomic E-state index is 11.9. The van der Waals surface area contributed by atoms with Crippen molar-refractivity contribution in [2.45, 2.75) is 39.0 Å². The van der Waals surface area contributed by atoms with Crippen molar-refractivity contribution in [2.24, 2.45) is 10.7 Å². The van der Waals surface area contributed by atoms with Gasteiger partial charge >= 0.3 is 0 Å². The first-order valence-corrected chi connectivity index (χ1v) is 8.06.